The molecule has 134 valence electrons. The summed E-state index contributed by atoms with van der Waals surface area (Å²) >= 11 is 5.80. The number of ether oxygens (including phenoxy) is 1. The van der Waals surface area contributed by atoms with Gasteiger partial charge in [-0.2, -0.15) is 0 Å². The van der Waals surface area contributed by atoms with Gasteiger partial charge < -0.3 is 25.2 Å². The lowest BCUT2D eigenvalue weighted by Gasteiger charge is -2.15. The Balaban J connectivity index is 2.47. The molecule has 2 rings (SSSR count). The minimum absolute atomic E-state index is 0.0216. The number of aliphatic hydroxyl groups is 1. The summed E-state index contributed by atoms with van der Waals surface area (Å²) in [5.74, 6) is -2.15. The SMILES string of the molecule is COC(=O)C1=C(Nc2cc(Cl)cc([N+](=O)[O-])c2O)C(=O)N(CCO)C1. The van der Waals surface area contributed by atoms with E-state index in [0.29, 0.717) is 0 Å². The van der Waals surface area contributed by atoms with Crippen molar-refractivity contribution < 1.29 is 29.5 Å². The van der Waals surface area contributed by atoms with Gasteiger partial charge in [-0.05, 0) is 6.07 Å². The molecule has 0 radical (unpaired) electrons. The van der Waals surface area contributed by atoms with Crippen molar-refractivity contribution in [1.29, 1.82) is 0 Å². The Morgan fingerprint density at radius 3 is 2.76 bits per heavy atom. The molecule has 1 amide bonds. The number of phenolic OH excluding ortho intramolecular Hbond substituents is 1. The molecule has 0 aromatic heterocycles. The number of aliphatic hydroxyl groups excluding tert-OH is 1. The summed E-state index contributed by atoms with van der Waals surface area (Å²) < 4.78 is 4.62. The number of methoxy groups -OCH3 is 1. The number of phenols is 1. The van der Waals surface area contributed by atoms with Crippen molar-refractivity contribution in [2.45, 2.75) is 0 Å². The van der Waals surface area contributed by atoms with Crippen LogP contribution in [0.15, 0.2) is 23.4 Å². The van der Waals surface area contributed by atoms with E-state index in [0.717, 1.165) is 13.2 Å². The molecular weight excluding hydrogens is 358 g/mol. The van der Waals surface area contributed by atoms with Crippen LogP contribution >= 0.6 is 11.6 Å². The van der Waals surface area contributed by atoms with Gasteiger partial charge >= 0.3 is 11.7 Å². The van der Waals surface area contributed by atoms with Gasteiger partial charge in [0.25, 0.3) is 5.91 Å². The molecule has 0 fully saturated rings. The molecule has 1 aromatic carbocycles. The van der Waals surface area contributed by atoms with Gasteiger partial charge in [0, 0.05) is 17.6 Å². The topological polar surface area (TPSA) is 142 Å². The Morgan fingerprint density at radius 1 is 1.52 bits per heavy atom. The van der Waals surface area contributed by atoms with Gasteiger partial charge in [-0.1, -0.05) is 11.6 Å². The Labute approximate surface area is 146 Å². The maximum atomic E-state index is 12.4. The third kappa shape index (κ3) is 3.64. The fourth-order valence-corrected chi connectivity index (χ4v) is 2.52. The lowest BCUT2D eigenvalue weighted by Crippen LogP contribution is -2.31. The number of hydrogen-bond donors (Lipinski definition) is 3. The smallest absolute Gasteiger partial charge is 0.337 e. The molecule has 25 heavy (non-hydrogen) atoms. The summed E-state index contributed by atoms with van der Waals surface area (Å²) in [7, 11) is 1.13. The number of aromatic hydroxyl groups is 1. The molecule has 1 aromatic rings. The van der Waals surface area contributed by atoms with E-state index < -0.39 is 28.2 Å². The van der Waals surface area contributed by atoms with E-state index in [-0.39, 0.29) is 41.7 Å². The van der Waals surface area contributed by atoms with E-state index in [2.05, 4.69) is 10.1 Å². The van der Waals surface area contributed by atoms with Crippen LogP contribution in [0.1, 0.15) is 0 Å². The van der Waals surface area contributed by atoms with E-state index in [1.54, 1.807) is 0 Å². The largest absolute Gasteiger partial charge is 0.501 e. The molecule has 10 nitrogen and oxygen atoms in total. The van der Waals surface area contributed by atoms with Crippen LogP contribution in [0.25, 0.3) is 0 Å². The van der Waals surface area contributed by atoms with E-state index in [9.17, 15) is 24.8 Å². The molecular formula is C14H14ClN3O7. The average molecular weight is 372 g/mol. The summed E-state index contributed by atoms with van der Waals surface area (Å²) in [5, 5.41) is 32.4. The molecule has 0 aliphatic carbocycles. The zero-order valence-electron chi connectivity index (χ0n) is 13.0. The molecule has 11 heteroatoms. The maximum absolute atomic E-state index is 12.4. The second-order valence-electron chi connectivity index (χ2n) is 5.00. The summed E-state index contributed by atoms with van der Waals surface area (Å²) in [6.45, 7) is -0.453. The first kappa shape index (κ1) is 18.5. The van der Waals surface area contributed by atoms with Crippen molar-refractivity contribution in [2.24, 2.45) is 0 Å². The number of nitrogens with zero attached hydrogens (tertiary/aromatic N) is 2. The number of nitro groups is 1. The zero-order valence-corrected chi connectivity index (χ0v) is 13.7. The number of carbonyl (C=O) groups is 2. The third-order valence-corrected chi connectivity index (χ3v) is 3.68. The Bertz CT molecular complexity index is 778. The predicted octanol–water partition coefficient (Wildman–Crippen LogP) is 0.627. The van der Waals surface area contributed by atoms with Crippen LogP contribution in [-0.4, -0.2) is 58.7 Å². The molecule has 1 aliphatic rings. The first-order chi connectivity index (χ1) is 11.8. The third-order valence-electron chi connectivity index (χ3n) is 3.46. The number of halogens is 1. The number of hydrogen-bond acceptors (Lipinski definition) is 8. The maximum Gasteiger partial charge on any atom is 0.337 e. The lowest BCUT2D eigenvalue weighted by molar-refractivity contribution is -0.385. The summed E-state index contributed by atoms with van der Waals surface area (Å²) in [6, 6.07) is 2.12. The summed E-state index contributed by atoms with van der Waals surface area (Å²) in [4.78, 5) is 35.6. The number of anilines is 1. The molecule has 0 saturated carbocycles. The van der Waals surface area contributed by atoms with Crippen molar-refractivity contribution in [3.63, 3.8) is 0 Å². The molecule has 0 atom stereocenters. The monoisotopic (exact) mass is 371 g/mol. The van der Waals surface area contributed by atoms with Crippen LogP contribution < -0.4 is 5.32 Å². The highest BCUT2D eigenvalue weighted by Crippen LogP contribution is 2.38. The van der Waals surface area contributed by atoms with Crippen LogP contribution in [0, 0.1) is 10.1 Å². The van der Waals surface area contributed by atoms with Gasteiger partial charge in [0.05, 0.1) is 36.4 Å². The Morgan fingerprint density at radius 2 is 2.20 bits per heavy atom. The van der Waals surface area contributed by atoms with Gasteiger partial charge in [-0.25, -0.2) is 4.79 Å². The van der Waals surface area contributed by atoms with Crippen molar-refractivity contribution in [2.75, 3.05) is 32.1 Å². The quantitative estimate of drug-likeness (QED) is 0.286. The van der Waals surface area contributed by atoms with Crippen molar-refractivity contribution in [3.8, 4) is 5.75 Å². The molecule has 0 saturated heterocycles. The highest BCUT2D eigenvalue weighted by molar-refractivity contribution is 6.31. The predicted molar refractivity (Wildman–Crippen MR) is 86.1 cm³/mol. The van der Waals surface area contributed by atoms with Crippen LogP contribution in [0.5, 0.6) is 5.75 Å². The second-order valence-corrected chi connectivity index (χ2v) is 5.44. The number of amides is 1. The van der Waals surface area contributed by atoms with Gasteiger partial charge in [0.2, 0.25) is 5.75 Å². The van der Waals surface area contributed by atoms with Crippen molar-refractivity contribution in [1.82, 2.24) is 4.90 Å². The molecule has 1 aliphatic heterocycles. The molecule has 0 unspecified atom stereocenters. The van der Waals surface area contributed by atoms with Gasteiger partial charge in [-0.3, -0.25) is 14.9 Å². The van der Waals surface area contributed by atoms with Crippen molar-refractivity contribution in [3.05, 3.63) is 38.5 Å². The first-order valence-electron chi connectivity index (χ1n) is 6.95. The lowest BCUT2D eigenvalue weighted by atomic mass is 10.2. The minimum Gasteiger partial charge on any atom is -0.501 e. The number of carbonyl (C=O) groups excluding carboxylic acids is 2. The Hall–Kier alpha value is -2.85. The zero-order chi connectivity index (χ0) is 18.7. The number of rotatable bonds is 6. The van der Waals surface area contributed by atoms with E-state index in [1.807, 2.05) is 0 Å². The first-order valence-corrected chi connectivity index (χ1v) is 7.33. The van der Waals surface area contributed by atoms with Crippen molar-refractivity contribution >= 4 is 34.9 Å². The average Bonchev–Trinajstić information content (AvgIpc) is 2.86. The Kier molecular flexibility index (Phi) is 5.45. The standard InChI is InChI=1S/C14H14ClN3O7/c1-25-14(22)8-6-17(2-3-19)13(21)11(8)16-9-4-7(15)5-10(12(9)20)18(23)24/h4-5,16,19-20H,2-3,6H2,1H3. The minimum atomic E-state index is -0.837. The molecule has 0 spiro atoms. The fourth-order valence-electron chi connectivity index (χ4n) is 2.30. The van der Waals surface area contributed by atoms with Gasteiger partial charge in [-0.15, -0.1) is 0 Å². The van der Waals surface area contributed by atoms with Crippen LogP contribution in [0.3, 0.4) is 0 Å². The molecule has 1 heterocycles. The van der Waals surface area contributed by atoms with Gasteiger partial charge in [0.15, 0.2) is 0 Å². The van der Waals surface area contributed by atoms with Gasteiger partial charge in [0.1, 0.15) is 5.70 Å². The van der Waals surface area contributed by atoms with E-state index in [4.69, 9.17) is 16.7 Å². The van der Waals surface area contributed by atoms with E-state index >= 15 is 0 Å². The van der Waals surface area contributed by atoms with E-state index in [1.165, 1.54) is 11.0 Å². The number of nitro benzene ring substituents is 1. The molecule has 0 bridgehead atoms. The number of esters is 1. The second kappa shape index (κ2) is 7.36. The number of β-amino-alcohol motifs (C(OH)–C–C–N with tert-alkyl or cyclic N) is 1. The van der Waals surface area contributed by atoms with Crippen LogP contribution in [0.2, 0.25) is 5.02 Å². The normalized spacial score (nSPS) is 14.0. The number of nitrogens with one attached hydrogen (secondary N) is 1. The number of benzene rings is 1. The summed E-state index contributed by atoms with van der Waals surface area (Å²) in [5.41, 5.74) is -1.13. The highest BCUT2D eigenvalue weighted by Gasteiger charge is 2.35. The van der Waals surface area contributed by atoms with Crippen LogP contribution in [0.4, 0.5) is 11.4 Å². The molecule has 3 N–H and O–H groups in total. The fraction of sp³-hybridized carbons (Fsp3) is 0.286. The summed E-state index contributed by atoms with van der Waals surface area (Å²) in [6.07, 6.45) is 0. The highest BCUT2D eigenvalue weighted by atomic mass is 35.5. The van der Waals surface area contributed by atoms with Crippen LogP contribution in [-0.2, 0) is 14.3 Å².